The lowest BCUT2D eigenvalue weighted by Gasteiger charge is -2.23. The first kappa shape index (κ1) is 15.8. The molecule has 1 amide bonds. The van der Waals surface area contributed by atoms with Gasteiger partial charge in [-0.25, -0.2) is 0 Å². The van der Waals surface area contributed by atoms with Crippen LogP contribution in [0.4, 0.5) is 0 Å². The molecule has 0 fully saturated rings. The first-order valence-corrected chi connectivity index (χ1v) is 8.64. The Morgan fingerprint density at radius 2 is 1.96 bits per heavy atom. The van der Waals surface area contributed by atoms with E-state index in [9.17, 15) is 9.59 Å². The fourth-order valence-corrected chi connectivity index (χ4v) is 3.73. The van der Waals surface area contributed by atoms with Crippen LogP contribution in [0.1, 0.15) is 27.7 Å². The number of carbonyl (C=O) groups excluding carboxylic acids is 1. The minimum Gasteiger partial charge on any atom is -0.450 e. The molecule has 2 heterocycles. The van der Waals surface area contributed by atoms with E-state index in [0.717, 1.165) is 10.0 Å². The zero-order chi connectivity index (χ0) is 17.6. The van der Waals surface area contributed by atoms with E-state index in [4.69, 9.17) is 4.42 Å². The van der Waals surface area contributed by atoms with E-state index >= 15 is 0 Å². The summed E-state index contributed by atoms with van der Waals surface area (Å²) >= 11 is 3.46. The van der Waals surface area contributed by atoms with Crippen LogP contribution in [-0.4, -0.2) is 17.4 Å². The van der Waals surface area contributed by atoms with Crippen LogP contribution < -0.4 is 5.43 Å². The van der Waals surface area contributed by atoms with E-state index in [2.05, 4.69) is 22.5 Å². The van der Waals surface area contributed by atoms with Gasteiger partial charge in [0.2, 0.25) is 5.76 Å². The Balaban J connectivity index is 2.04. The molecule has 1 aliphatic rings. The van der Waals surface area contributed by atoms with Gasteiger partial charge in [0.15, 0.2) is 5.43 Å². The highest BCUT2D eigenvalue weighted by atomic mass is 79.9. The lowest BCUT2D eigenvalue weighted by atomic mass is 9.98. The SMILES string of the molecule is C=CCN1C(=O)c2oc3ccccc3c(=O)c2[C@@H]1c1cccc(Br)c1. The van der Waals surface area contributed by atoms with E-state index in [1.165, 1.54) is 0 Å². The molecule has 5 heteroatoms. The molecule has 1 aliphatic heterocycles. The Bertz CT molecular complexity index is 1070. The maximum Gasteiger partial charge on any atom is 0.291 e. The van der Waals surface area contributed by atoms with Crippen LogP contribution in [0.15, 0.2) is 74.9 Å². The van der Waals surface area contributed by atoms with Crippen molar-refractivity contribution >= 4 is 32.8 Å². The summed E-state index contributed by atoms with van der Waals surface area (Å²) in [7, 11) is 0. The van der Waals surface area contributed by atoms with Crippen molar-refractivity contribution in [3.63, 3.8) is 0 Å². The van der Waals surface area contributed by atoms with Crippen LogP contribution in [0.5, 0.6) is 0 Å². The summed E-state index contributed by atoms with van der Waals surface area (Å²) in [6.45, 7) is 4.06. The molecule has 0 bridgehead atoms. The monoisotopic (exact) mass is 395 g/mol. The van der Waals surface area contributed by atoms with Gasteiger partial charge in [0.25, 0.3) is 5.91 Å². The molecular formula is C20H14BrNO3. The third-order valence-electron chi connectivity index (χ3n) is 4.36. The van der Waals surface area contributed by atoms with Gasteiger partial charge in [-0.3, -0.25) is 9.59 Å². The number of fused-ring (bicyclic) bond motifs is 2. The average Bonchev–Trinajstić information content (AvgIpc) is 2.89. The highest BCUT2D eigenvalue weighted by molar-refractivity contribution is 9.10. The van der Waals surface area contributed by atoms with Crippen molar-refractivity contribution in [2.24, 2.45) is 0 Å². The molecule has 0 radical (unpaired) electrons. The topological polar surface area (TPSA) is 50.5 Å². The minimum atomic E-state index is -0.487. The van der Waals surface area contributed by atoms with Gasteiger partial charge >= 0.3 is 0 Å². The lowest BCUT2D eigenvalue weighted by Crippen LogP contribution is -2.29. The quantitative estimate of drug-likeness (QED) is 0.621. The molecule has 0 aliphatic carbocycles. The standard InChI is InChI=1S/C20H14BrNO3/c1-2-10-22-17(12-6-5-7-13(21)11-12)16-18(23)14-8-3-4-9-15(14)25-19(16)20(22)24/h2-9,11,17H,1,10H2/t17-/m0/s1. The first-order chi connectivity index (χ1) is 12.1. The van der Waals surface area contributed by atoms with Crippen molar-refractivity contribution < 1.29 is 9.21 Å². The molecule has 1 atom stereocenters. The number of halogens is 1. The molecule has 4 nitrogen and oxygen atoms in total. The van der Waals surface area contributed by atoms with Crippen molar-refractivity contribution in [3.8, 4) is 0 Å². The largest absolute Gasteiger partial charge is 0.450 e. The number of para-hydroxylation sites is 1. The zero-order valence-corrected chi connectivity index (χ0v) is 14.8. The fraction of sp³-hybridized carbons (Fsp3) is 0.100. The van der Waals surface area contributed by atoms with Gasteiger partial charge in [-0.15, -0.1) is 6.58 Å². The number of benzene rings is 2. The molecule has 0 N–H and O–H groups in total. The number of amides is 1. The normalized spacial score (nSPS) is 16.3. The molecule has 2 aromatic carbocycles. The number of rotatable bonds is 3. The van der Waals surface area contributed by atoms with E-state index < -0.39 is 6.04 Å². The van der Waals surface area contributed by atoms with Crippen molar-refractivity contribution in [1.29, 1.82) is 0 Å². The van der Waals surface area contributed by atoms with Crippen LogP contribution in [0.25, 0.3) is 11.0 Å². The van der Waals surface area contributed by atoms with Crippen molar-refractivity contribution in [3.05, 3.63) is 92.8 Å². The Morgan fingerprint density at radius 1 is 1.16 bits per heavy atom. The molecule has 1 aromatic heterocycles. The van der Waals surface area contributed by atoms with E-state index in [-0.39, 0.29) is 17.1 Å². The van der Waals surface area contributed by atoms with Gasteiger partial charge < -0.3 is 9.32 Å². The van der Waals surface area contributed by atoms with Gasteiger partial charge in [0, 0.05) is 11.0 Å². The number of hydrogen-bond donors (Lipinski definition) is 0. The van der Waals surface area contributed by atoms with E-state index in [1.54, 1.807) is 35.2 Å². The van der Waals surface area contributed by atoms with Crippen molar-refractivity contribution in [2.45, 2.75) is 6.04 Å². The summed E-state index contributed by atoms with van der Waals surface area (Å²) in [5, 5.41) is 0.481. The summed E-state index contributed by atoms with van der Waals surface area (Å²) in [6.07, 6.45) is 1.65. The summed E-state index contributed by atoms with van der Waals surface area (Å²) < 4.78 is 6.70. The summed E-state index contributed by atoms with van der Waals surface area (Å²) in [6, 6.07) is 14.1. The molecule has 0 unspecified atom stereocenters. The van der Waals surface area contributed by atoms with E-state index in [0.29, 0.717) is 23.1 Å². The predicted octanol–water partition coefficient (Wildman–Crippen LogP) is 4.29. The third-order valence-corrected chi connectivity index (χ3v) is 4.86. The minimum absolute atomic E-state index is 0.121. The number of hydrogen-bond acceptors (Lipinski definition) is 3. The third kappa shape index (κ3) is 2.43. The maximum atomic E-state index is 13.1. The maximum absolute atomic E-state index is 13.1. The van der Waals surface area contributed by atoms with Crippen LogP contribution in [0, 0.1) is 0 Å². The van der Waals surface area contributed by atoms with Gasteiger partial charge in [-0.05, 0) is 29.8 Å². The van der Waals surface area contributed by atoms with Gasteiger partial charge in [-0.2, -0.15) is 0 Å². The molecule has 0 saturated heterocycles. The average molecular weight is 396 g/mol. The molecule has 25 heavy (non-hydrogen) atoms. The van der Waals surface area contributed by atoms with Crippen LogP contribution in [0.2, 0.25) is 0 Å². The molecule has 124 valence electrons. The van der Waals surface area contributed by atoms with Crippen LogP contribution >= 0.6 is 15.9 Å². The molecule has 4 rings (SSSR count). The Kier molecular flexibility index (Phi) is 3.81. The van der Waals surface area contributed by atoms with Gasteiger partial charge in [-0.1, -0.05) is 46.3 Å². The highest BCUT2D eigenvalue weighted by Crippen LogP contribution is 2.38. The second-order valence-electron chi connectivity index (χ2n) is 5.87. The fourth-order valence-electron chi connectivity index (χ4n) is 3.32. The van der Waals surface area contributed by atoms with Crippen molar-refractivity contribution in [1.82, 2.24) is 4.90 Å². The summed E-state index contributed by atoms with van der Waals surface area (Å²) in [5.74, 6) is -0.168. The Morgan fingerprint density at radius 3 is 2.72 bits per heavy atom. The first-order valence-electron chi connectivity index (χ1n) is 7.85. The second-order valence-corrected chi connectivity index (χ2v) is 6.79. The highest BCUT2D eigenvalue weighted by Gasteiger charge is 2.42. The summed E-state index contributed by atoms with van der Waals surface area (Å²) in [4.78, 5) is 27.6. The molecular weight excluding hydrogens is 382 g/mol. The zero-order valence-electron chi connectivity index (χ0n) is 13.2. The molecule has 3 aromatic rings. The van der Waals surface area contributed by atoms with Crippen LogP contribution in [0.3, 0.4) is 0 Å². The lowest BCUT2D eigenvalue weighted by molar-refractivity contribution is 0.0748. The Hall–Kier alpha value is -2.66. The van der Waals surface area contributed by atoms with Gasteiger partial charge in [0.1, 0.15) is 5.58 Å². The predicted molar refractivity (Wildman–Crippen MR) is 99.7 cm³/mol. The molecule has 0 spiro atoms. The van der Waals surface area contributed by atoms with E-state index in [1.807, 2.05) is 24.3 Å². The van der Waals surface area contributed by atoms with Gasteiger partial charge in [0.05, 0.1) is 17.0 Å². The van der Waals surface area contributed by atoms with Crippen LogP contribution in [-0.2, 0) is 0 Å². The molecule has 0 saturated carbocycles. The number of nitrogens with zero attached hydrogens (tertiary/aromatic N) is 1. The second kappa shape index (κ2) is 6.01. The number of carbonyl (C=O) groups is 1. The van der Waals surface area contributed by atoms with Crippen molar-refractivity contribution in [2.75, 3.05) is 6.54 Å². The smallest absolute Gasteiger partial charge is 0.291 e. The summed E-state index contributed by atoms with van der Waals surface area (Å²) in [5.41, 5.74) is 1.50. The Labute approximate surface area is 152 Å².